The molecule has 0 aromatic carbocycles. The number of nitrogens with zero attached hydrogens (tertiary/aromatic N) is 2. The van der Waals surface area contributed by atoms with E-state index in [1.807, 2.05) is 13.8 Å². The van der Waals surface area contributed by atoms with Crippen LogP contribution < -0.4 is 10.2 Å². The Balaban J connectivity index is 2.22. The van der Waals surface area contributed by atoms with Crippen molar-refractivity contribution in [3.63, 3.8) is 0 Å². The minimum Gasteiger partial charge on any atom is -0.339 e. The summed E-state index contributed by atoms with van der Waals surface area (Å²) in [6.07, 6.45) is -0.560. The molecule has 1 heterocycles. The van der Waals surface area contributed by atoms with Crippen molar-refractivity contribution in [2.45, 2.75) is 51.7 Å². The Morgan fingerprint density at radius 3 is 2.76 bits per heavy atom. The second-order valence-corrected chi connectivity index (χ2v) is 6.36. The largest absolute Gasteiger partial charge is 0.406 e. The maximum absolute atomic E-state index is 12.7. The Morgan fingerprint density at radius 1 is 1.38 bits per heavy atom. The highest BCUT2D eigenvalue weighted by Gasteiger charge is 2.33. The van der Waals surface area contributed by atoms with Gasteiger partial charge in [0, 0.05) is 17.5 Å². The lowest BCUT2D eigenvalue weighted by Crippen LogP contribution is -2.34. The van der Waals surface area contributed by atoms with Gasteiger partial charge in [-0.2, -0.15) is 13.2 Å². The number of rotatable bonds is 6. The standard InChI is InChI=1S/C14H22F3N3S/c1-3-8-20(9-14(15,16)17)13-19-11-7-5-6-10(18-4-2)12(11)21-13/h10,18H,3-9H2,1-2H3. The first-order valence-corrected chi connectivity index (χ1v) is 8.31. The highest BCUT2D eigenvalue weighted by atomic mass is 32.1. The molecular weight excluding hydrogens is 299 g/mol. The molecule has 0 fully saturated rings. The first kappa shape index (κ1) is 16.5. The molecular formula is C14H22F3N3S. The van der Waals surface area contributed by atoms with Gasteiger partial charge < -0.3 is 10.2 Å². The summed E-state index contributed by atoms with van der Waals surface area (Å²) in [6.45, 7) is 4.26. The van der Waals surface area contributed by atoms with Crippen LogP contribution in [0.25, 0.3) is 0 Å². The number of aromatic nitrogens is 1. The number of alkyl halides is 3. The molecule has 2 rings (SSSR count). The van der Waals surface area contributed by atoms with Crippen LogP contribution in [0.5, 0.6) is 0 Å². The minimum atomic E-state index is -4.19. The first-order chi connectivity index (χ1) is 9.94. The van der Waals surface area contributed by atoms with E-state index in [-0.39, 0.29) is 6.04 Å². The number of fused-ring (bicyclic) bond motifs is 1. The summed E-state index contributed by atoms with van der Waals surface area (Å²) < 4.78 is 38.2. The van der Waals surface area contributed by atoms with E-state index >= 15 is 0 Å². The molecule has 0 spiro atoms. The minimum absolute atomic E-state index is 0.249. The fraction of sp³-hybridized carbons (Fsp3) is 0.786. The van der Waals surface area contributed by atoms with E-state index in [2.05, 4.69) is 10.3 Å². The van der Waals surface area contributed by atoms with Gasteiger partial charge >= 0.3 is 6.18 Å². The molecule has 0 saturated heterocycles. The maximum Gasteiger partial charge on any atom is 0.406 e. The van der Waals surface area contributed by atoms with Gasteiger partial charge in [-0.15, -0.1) is 0 Å². The van der Waals surface area contributed by atoms with E-state index in [0.717, 1.165) is 36.4 Å². The summed E-state index contributed by atoms with van der Waals surface area (Å²) in [5.74, 6) is 0. The number of halogens is 3. The summed E-state index contributed by atoms with van der Waals surface area (Å²) in [5.41, 5.74) is 0.982. The van der Waals surface area contributed by atoms with Crippen LogP contribution in [-0.2, 0) is 6.42 Å². The predicted octanol–water partition coefficient (Wildman–Crippen LogP) is 3.91. The molecule has 0 radical (unpaired) electrons. The Hall–Kier alpha value is -0.820. The van der Waals surface area contributed by atoms with Crippen LogP contribution in [0.4, 0.5) is 18.3 Å². The molecule has 1 aromatic heterocycles. The molecule has 1 atom stereocenters. The molecule has 1 N–H and O–H groups in total. The number of anilines is 1. The number of hydrogen-bond acceptors (Lipinski definition) is 4. The number of hydrogen-bond donors (Lipinski definition) is 1. The summed E-state index contributed by atoms with van der Waals surface area (Å²) >= 11 is 1.42. The molecule has 1 aromatic rings. The van der Waals surface area contributed by atoms with Gasteiger partial charge in [-0.05, 0) is 32.2 Å². The monoisotopic (exact) mass is 321 g/mol. The van der Waals surface area contributed by atoms with Crippen molar-refractivity contribution in [1.82, 2.24) is 10.3 Å². The molecule has 1 aliphatic rings. The molecule has 3 nitrogen and oxygen atoms in total. The van der Waals surface area contributed by atoms with E-state index in [1.54, 1.807) is 0 Å². The van der Waals surface area contributed by atoms with Crippen molar-refractivity contribution in [3.05, 3.63) is 10.6 Å². The number of thiazole rings is 1. The van der Waals surface area contributed by atoms with Crippen molar-refractivity contribution in [2.24, 2.45) is 0 Å². The molecule has 1 unspecified atom stereocenters. The molecule has 7 heteroatoms. The second kappa shape index (κ2) is 6.96. The summed E-state index contributed by atoms with van der Waals surface area (Å²) in [6, 6.07) is 0.249. The van der Waals surface area contributed by atoms with Crippen molar-refractivity contribution in [1.29, 1.82) is 0 Å². The number of nitrogens with one attached hydrogen (secondary N) is 1. The molecule has 21 heavy (non-hydrogen) atoms. The van der Waals surface area contributed by atoms with E-state index < -0.39 is 12.7 Å². The topological polar surface area (TPSA) is 28.2 Å². The quantitative estimate of drug-likeness (QED) is 0.861. The van der Waals surface area contributed by atoms with Crippen LogP contribution in [0.15, 0.2) is 0 Å². The lowest BCUT2D eigenvalue weighted by Gasteiger charge is -2.22. The lowest BCUT2D eigenvalue weighted by atomic mass is 9.98. The van der Waals surface area contributed by atoms with Crippen LogP contribution in [0.2, 0.25) is 0 Å². The van der Waals surface area contributed by atoms with Gasteiger partial charge in [-0.25, -0.2) is 4.98 Å². The van der Waals surface area contributed by atoms with Gasteiger partial charge in [0.25, 0.3) is 0 Å². The third kappa shape index (κ3) is 4.32. The summed E-state index contributed by atoms with van der Waals surface area (Å²) in [4.78, 5) is 6.98. The SMILES string of the molecule is CCCN(CC(F)(F)F)c1nc2c(s1)C(NCC)CCC2. The molecule has 120 valence electrons. The van der Waals surface area contributed by atoms with E-state index in [4.69, 9.17) is 0 Å². The van der Waals surface area contributed by atoms with Gasteiger partial charge in [-0.1, -0.05) is 25.2 Å². The van der Waals surface area contributed by atoms with Crippen LogP contribution in [0.3, 0.4) is 0 Å². The maximum atomic E-state index is 12.7. The van der Waals surface area contributed by atoms with Crippen LogP contribution in [0, 0.1) is 0 Å². The third-order valence-corrected chi connectivity index (χ3v) is 4.80. The van der Waals surface area contributed by atoms with Gasteiger partial charge in [0.15, 0.2) is 5.13 Å². The molecule has 0 amide bonds. The lowest BCUT2D eigenvalue weighted by molar-refractivity contribution is -0.119. The van der Waals surface area contributed by atoms with Crippen LogP contribution in [-0.4, -0.2) is 30.8 Å². The Bertz CT molecular complexity index is 459. The third-order valence-electron chi connectivity index (χ3n) is 3.52. The Labute approximate surface area is 127 Å². The average molecular weight is 321 g/mol. The zero-order chi connectivity index (χ0) is 15.5. The van der Waals surface area contributed by atoms with Gasteiger partial charge in [-0.3, -0.25) is 0 Å². The molecule has 1 aliphatic carbocycles. The fourth-order valence-corrected chi connectivity index (χ4v) is 3.96. The average Bonchev–Trinajstić information content (AvgIpc) is 2.82. The first-order valence-electron chi connectivity index (χ1n) is 7.49. The smallest absolute Gasteiger partial charge is 0.339 e. The zero-order valence-electron chi connectivity index (χ0n) is 12.5. The van der Waals surface area contributed by atoms with E-state index in [1.165, 1.54) is 16.2 Å². The molecule has 0 aliphatic heterocycles. The van der Waals surface area contributed by atoms with Crippen molar-refractivity contribution in [2.75, 3.05) is 24.5 Å². The normalized spacial score (nSPS) is 18.6. The second-order valence-electron chi connectivity index (χ2n) is 5.35. The van der Waals surface area contributed by atoms with Crippen LogP contribution >= 0.6 is 11.3 Å². The molecule has 0 saturated carbocycles. The van der Waals surface area contributed by atoms with Crippen molar-refractivity contribution in [3.8, 4) is 0 Å². The summed E-state index contributed by atoms with van der Waals surface area (Å²) in [7, 11) is 0. The summed E-state index contributed by atoms with van der Waals surface area (Å²) in [5, 5.41) is 3.92. The van der Waals surface area contributed by atoms with E-state index in [9.17, 15) is 13.2 Å². The predicted molar refractivity (Wildman–Crippen MR) is 80.0 cm³/mol. The van der Waals surface area contributed by atoms with Crippen molar-refractivity contribution >= 4 is 16.5 Å². The van der Waals surface area contributed by atoms with Gasteiger partial charge in [0.2, 0.25) is 0 Å². The van der Waals surface area contributed by atoms with Gasteiger partial charge in [0.1, 0.15) is 6.54 Å². The molecule has 0 bridgehead atoms. The number of aryl methyl sites for hydroxylation is 1. The van der Waals surface area contributed by atoms with Crippen molar-refractivity contribution < 1.29 is 13.2 Å². The highest BCUT2D eigenvalue weighted by molar-refractivity contribution is 7.15. The Kier molecular flexibility index (Phi) is 5.48. The zero-order valence-corrected chi connectivity index (χ0v) is 13.3. The highest BCUT2D eigenvalue weighted by Crippen LogP contribution is 2.38. The fourth-order valence-electron chi connectivity index (χ4n) is 2.71. The van der Waals surface area contributed by atoms with E-state index in [0.29, 0.717) is 18.1 Å². The van der Waals surface area contributed by atoms with Crippen LogP contribution in [0.1, 0.15) is 49.7 Å². The van der Waals surface area contributed by atoms with Gasteiger partial charge in [0.05, 0.1) is 5.69 Å². The Morgan fingerprint density at radius 2 is 2.14 bits per heavy atom.